The van der Waals surface area contributed by atoms with Crippen LogP contribution in [0.3, 0.4) is 0 Å². The molecule has 1 aromatic carbocycles. The molecule has 0 amide bonds. The molecule has 0 bridgehead atoms. The first-order chi connectivity index (χ1) is 10.4. The van der Waals surface area contributed by atoms with Gasteiger partial charge in [0.2, 0.25) is 11.7 Å². The standard InChI is InChI=1S/C14H16N4O4/c1-3-14(2,19)9-15-8-12-16-13(17-22-12)10-4-6-11(7-5-10)18(20)21/h3-7,15,19H,1,8-9H2,2H3. The number of nitrogens with one attached hydrogen (secondary N) is 1. The summed E-state index contributed by atoms with van der Waals surface area (Å²) in [5.74, 6) is 0.704. The molecule has 2 rings (SSSR count). The van der Waals surface area contributed by atoms with E-state index >= 15 is 0 Å². The molecule has 1 unspecified atom stereocenters. The lowest BCUT2D eigenvalue weighted by molar-refractivity contribution is -0.384. The van der Waals surface area contributed by atoms with Crippen LogP contribution < -0.4 is 5.32 Å². The molecule has 0 radical (unpaired) electrons. The fourth-order valence-electron chi connectivity index (χ4n) is 1.67. The van der Waals surface area contributed by atoms with Crippen molar-refractivity contribution in [2.75, 3.05) is 6.54 Å². The van der Waals surface area contributed by atoms with Crippen LogP contribution in [0.2, 0.25) is 0 Å². The molecule has 1 atom stereocenters. The van der Waals surface area contributed by atoms with E-state index in [1.165, 1.54) is 18.2 Å². The Balaban J connectivity index is 1.99. The van der Waals surface area contributed by atoms with Crippen LogP contribution in [0, 0.1) is 10.1 Å². The van der Waals surface area contributed by atoms with Gasteiger partial charge in [0, 0.05) is 24.2 Å². The van der Waals surface area contributed by atoms with Crippen molar-refractivity contribution < 1.29 is 14.6 Å². The van der Waals surface area contributed by atoms with E-state index in [1.54, 1.807) is 19.1 Å². The van der Waals surface area contributed by atoms with Gasteiger partial charge in [-0.25, -0.2) is 0 Å². The van der Waals surface area contributed by atoms with E-state index in [-0.39, 0.29) is 5.69 Å². The molecular formula is C14H16N4O4. The fourth-order valence-corrected chi connectivity index (χ4v) is 1.67. The lowest BCUT2D eigenvalue weighted by Crippen LogP contribution is -2.35. The van der Waals surface area contributed by atoms with Gasteiger partial charge in [-0.15, -0.1) is 6.58 Å². The predicted molar refractivity (Wildman–Crippen MR) is 78.9 cm³/mol. The van der Waals surface area contributed by atoms with Crippen LogP contribution in [-0.2, 0) is 6.54 Å². The molecule has 0 spiro atoms. The van der Waals surface area contributed by atoms with Crippen molar-refractivity contribution in [1.29, 1.82) is 0 Å². The Kier molecular flexibility index (Phi) is 4.64. The fraction of sp³-hybridized carbons (Fsp3) is 0.286. The second kappa shape index (κ2) is 6.46. The van der Waals surface area contributed by atoms with Crippen LogP contribution in [0.1, 0.15) is 12.8 Å². The number of nitro groups is 1. The summed E-state index contributed by atoms with van der Waals surface area (Å²) in [4.78, 5) is 14.3. The molecule has 0 aliphatic rings. The maximum Gasteiger partial charge on any atom is 0.269 e. The lowest BCUT2D eigenvalue weighted by atomic mass is 10.1. The first-order valence-corrected chi connectivity index (χ1v) is 6.55. The van der Waals surface area contributed by atoms with E-state index < -0.39 is 10.5 Å². The molecule has 116 valence electrons. The topological polar surface area (TPSA) is 114 Å². The highest BCUT2D eigenvalue weighted by molar-refractivity contribution is 5.56. The van der Waals surface area contributed by atoms with Crippen LogP contribution >= 0.6 is 0 Å². The number of non-ortho nitro benzene ring substituents is 1. The summed E-state index contributed by atoms with van der Waals surface area (Å²) in [6.45, 7) is 5.75. The number of rotatable bonds is 7. The van der Waals surface area contributed by atoms with E-state index in [0.29, 0.717) is 30.4 Å². The van der Waals surface area contributed by atoms with Crippen LogP contribution in [0.25, 0.3) is 11.4 Å². The lowest BCUT2D eigenvalue weighted by Gasteiger charge is -2.17. The monoisotopic (exact) mass is 304 g/mol. The van der Waals surface area contributed by atoms with E-state index in [1.807, 2.05) is 0 Å². The zero-order valence-electron chi connectivity index (χ0n) is 12.0. The van der Waals surface area contributed by atoms with Crippen molar-refractivity contribution in [2.45, 2.75) is 19.1 Å². The van der Waals surface area contributed by atoms with Crippen molar-refractivity contribution >= 4 is 5.69 Å². The normalized spacial score (nSPS) is 13.5. The van der Waals surface area contributed by atoms with Gasteiger partial charge in [0.15, 0.2) is 0 Å². The first-order valence-electron chi connectivity index (χ1n) is 6.55. The number of aromatic nitrogens is 2. The highest BCUT2D eigenvalue weighted by Gasteiger charge is 2.15. The van der Waals surface area contributed by atoms with Gasteiger partial charge in [0.25, 0.3) is 5.69 Å². The summed E-state index contributed by atoms with van der Waals surface area (Å²) in [7, 11) is 0. The SMILES string of the molecule is C=CC(C)(O)CNCc1nc(-c2ccc([N+](=O)[O-])cc2)no1. The van der Waals surface area contributed by atoms with E-state index in [0.717, 1.165) is 0 Å². The number of benzene rings is 1. The van der Waals surface area contributed by atoms with Crippen LogP contribution in [0.5, 0.6) is 0 Å². The predicted octanol–water partition coefficient (Wildman–Crippen LogP) is 1.67. The minimum atomic E-state index is -1.01. The molecule has 0 aliphatic carbocycles. The van der Waals surface area contributed by atoms with Gasteiger partial charge in [0.1, 0.15) is 0 Å². The number of nitro benzene ring substituents is 1. The molecule has 1 aromatic heterocycles. The molecule has 2 N–H and O–H groups in total. The van der Waals surface area contributed by atoms with Crippen molar-refractivity contribution in [3.05, 3.63) is 52.9 Å². The molecule has 1 heterocycles. The third kappa shape index (κ3) is 3.96. The molecule has 0 aliphatic heterocycles. The molecule has 8 heteroatoms. The summed E-state index contributed by atoms with van der Waals surface area (Å²) in [6.07, 6.45) is 1.44. The van der Waals surface area contributed by atoms with Gasteiger partial charge in [-0.3, -0.25) is 10.1 Å². The molecule has 0 saturated heterocycles. The zero-order valence-corrected chi connectivity index (χ0v) is 12.0. The summed E-state index contributed by atoms with van der Waals surface area (Å²) in [5, 5.41) is 27.1. The number of aliphatic hydroxyl groups is 1. The molecule has 0 fully saturated rings. The quantitative estimate of drug-likeness (QED) is 0.454. The minimum absolute atomic E-state index is 0.000733. The van der Waals surface area contributed by atoms with Gasteiger partial charge < -0.3 is 14.9 Å². The molecule has 0 saturated carbocycles. The summed E-state index contributed by atoms with van der Waals surface area (Å²) in [5.41, 5.74) is -0.388. The van der Waals surface area contributed by atoms with E-state index in [4.69, 9.17) is 4.52 Å². The van der Waals surface area contributed by atoms with Crippen molar-refractivity contribution in [3.8, 4) is 11.4 Å². The molecule has 8 nitrogen and oxygen atoms in total. The van der Waals surface area contributed by atoms with Crippen molar-refractivity contribution in [1.82, 2.24) is 15.5 Å². The van der Waals surface area contributed by atoms with Crippen molar-refractivity contribution in [2.24, 2.45) is 0 Å². The third-order valence-electron chi connectivity index (χ3n) is 3.00. The van der Waals surface area contributed by atoms with E-state index in [2.05, 4.69) is 22.0 Å². The maximum absolute atomic E-state index is 10.6. The van der Waals surface area contributed by atoms with Gasteiger partial charge in [-0.05, 0) is 19.1 Å². The second-order valence-electron chi connectivity index (χ2n) is 4.98. The van der Waals surface area contributed by atoms with Gasteiger partial charge in [-0.1, -0.05) is 11.2 Å². The number of hydrogen-bond acceptors (Lipinski definition) is 7. The number of hydrogen-bond donors (Lipinski definition) is 2. The average molecular weight is 304 g/mol. The maximum atomic E-state index is 10.6. The smallest absolute Gasteiger partial charge is 0.269 e. The van der Waals surface area contributed by atoms with Gasteiger partial charge in [0.05, 0.1) is 17.1 Å². The Hall–Kier alpha value is -2.58. The highest BCUT2D eigenvalue weighted by Crippen LogP contribution is 2.19. The Morgan fingerprint density at radius 1 is 1.50 bits per heavy atom. The largest absolute Gasteiger partial charge is 0.385 e. The zero-order chi connectivity index (χ0) is 16.2. The molecule has 22 heavy (non-hydrogen) atoms. The van der Waals surface area contributed by atoms with E-state index in [9.17, 15) is 15.2 Å². The van der Waals surface area contributed by atoms with Crippen LogP contribution in [-0.4, -0.2) is 32.3 Å². The second-order valence-corrected chi connectivity index (χ2v) is 4.98. The van der Waals surface area contributed by atoms with Gasteiger partial charge in [-0.2, -0.15) is 4.98 Å². The third-order valence-corrected chi connectivity index (χ3v) is 3.00. The van der Waals surface area contributed by atoms with Gasteiger partial charge >= 0.3 is 0 Å². The Labute approximate surface area is 126 Å². The Bertz CT molecular complexity index is 664. The Morgan fingerprint density at radius 2 is 2.18 bits per heavy atom. The summed E-state index contributed by atoms with van der Waals surface area (Å²) >= 11 is 0. The Morgan fingerprint density at radius 3 is 2.77 bits per heavy atom. The highest BCUT2D eigenvalue weighted by atomic mass is 16.6. The first kappa shape index (κ1) is 15.8. The molecule has 2 aromatic rings. The van der Waals surface area contributed by atoms with Crippen LogP contribution in [0.15, 0.2) is 41.4 Å². The summed E-state index contributed by atoms with van der Waals surface area (Å²) in [6, 6.07) is 5.88. The van der Waals surface area contributed by atoms with Crippen LogP contribution in [0.4, 0.5) is 5.69 Å². The minimum Gasteiger partial charge on any atom is -0.385 e. The number of nitrogens with zero attached hydrogens (tertiary/aromatic N) is 3. The molecular weight excluding hydrogens is 288 g/mol. The summed E-state index contributed by atoms with van der Waals surface area (Å²) < 4.78 is 5.08. The van der Waals surface area contributed by atoms with Crippen molar-refractivity contribution in [3.63, 3.8) is 0 Å². The average Bonchev–Trinajstić information content (AvgIpc) is 2.96.